The first kappa shape index (κ1) is 12.4. The second-order valence-corrected chi connectivity index (χ2v) is 4.54. The highest BCUT2D eigenvalue weighted by atomic mass is 35.5. The first-order chi connectivity index (χ1) is 8.15. The number of nitrogens with one attached hydrogen (secondary N) is 1. The van der Waals surface area contributed by atoms with Crippen molar-refractivity contribution in [2.75, 3.05) is 13.2 Å². The van der Waals surface area contributed by atoms with E-state index in [1.165, 1.54) is 4.57 Å². The molecular weight excluding hydrogens is 244 g/mol. The van der Waals surface area contributed by atoms with Crippen molar-refractivity contribution in [1.29, 1.82) is 0 Å². The van der Waals surface area contributed by atoms with Crippen LogP contribution in [0.25, 0.3) is 0 Å². The Morgan fingerprint density at radius 1 is 1.53 bits per heavy atom. The normalized spacial score (nSPS) is 19.8. The molecule has 1 aliphatic rings. The summed E-state index contributed by atoms with van der Waals surface area (Å²) in [5.74, 6) is 0. The minimum atomic E-state index is -0.449. The Morgan fingerprint density at radius 2 is 2.29 bits per heavy atom. The lowest BCUT2D eigenvalue weighted by atomic mass is 10.2. The van der Waals surface area contributed by atoms with Crippen LogP contribution in [0.4, 0.5) is 0 Å². The lowest BCUT2D eigenvalue weighted by Gasteiger charge is -2.12. The van der Waals surface area contributed by atoms with Gasteiger partial charge >= 0.3 is 5.69 Å². The Hall–Kier alpha value is -1.07. The number of hydrogen-bond donors (Lipinski definition) is 1. The number of halogens is 1. The zero-order valence-electron chi connectivity index (χ0n) is 9.66. The molecule has 1 aliphatic heterocycles. The van der Waals surface area contributed by atoms with Crippen molar-refractivity contribution in [3.63, 3.8) is 0 Å². The maximum Gasteiger partial charge on any atom is 0.329 e. The van der Waals surface area contributed by atoms with Crippen molar-refractivity contribution in [2.45, 2.75) is 32.2 Å². The smallest absolute Gasteiger partial charge is 0.329 e. The second kappa shape index (κ2) is 5.06. The van der Waals surface area contributed by atoms with E-state index in [0.717, 1.165) is 6.42 Å². The van der Waals surface area contributed by atoms with Crippen molar-refractivity contribution in [3.05, 3.63) is 31.6 Å². The number of H-pyrrole nitrogens is 1. The fourth-order valence-electron chi connectivity index (χ4n) is 2.09. The van der Waals surface area contributed by atoms with Crippen molar-refractivity contribution < 1.29 is 4.74 Å². The molecule has 1 saturated heterocycles. The Labute approximate surface area is 103 Å². The van der Waals surface area contributed by atoms with Gasteiger partial charge < -0.3 is 4.74 Å². The number of rotatable bonds is 3. The molecule has 2 rings (SSSR count). The largest absolute Gasteiger partial charge is 0.379 e. The fraction of sp³-hybridized carbons (Fsp3) is 0.636. The SMILES string of the molecule is CCCc1c(Cl)[nH]c(=O)n(C2CCOC2)c1=O. The van der Waals surface area contributed by atoms with Crippen LogP contribution in [0.5, 0.6) is 0 Å². The van der Waals surface area contributed by atoms with E-state index in [0.29, 0.717) is 31.6 Å². The summed E-state index contributed by atoms with van der Waals surface area (Å²) >= 11 is 5.89. The van der Waals surface area contributed by atoms with Gasteiger partial charge in [-0.2, -0.15) is 0 Å². The average Bonchev–Trinajstić information content (AvgIpc) is 2.77. The Kier molecular flexibility index (Phi) is 3.69. The number of aromatic nitrogens is 2. The molecule has 94 valence electrons. The molecule has 2 heterocycles. The molecule has 1 N–H and O–H groups in total. The van der Waals surface area contributed by atoms with Gasteiger partial charge in [-0.3, -0.25) is 14.3 Å². The number of ether oxygens (including phenoxy) is 1. The highest BCUT2D eigenvalue weighted by molar-refractivity contribution is 6.30. The van der Waals surface area contributed by atoms with Gasteiger partial charge in [0.1, 0.15) is 5.15 Å². The molecule has 1 fully saturated rings. The van der Waals surface area contributed by atoms with Gasteiger partial charge in [0.15, 0.2) is 0 Å². The first-order valence-electron chi connectivity index (χ1n) is 5.76. The molecule has 1 atom stereocenters. The van der Waals surface area contributed by atoms with Crippen LogP contribution in [-0.2, 0) is 11.2 Å². The van der Waals surface area contributed by atoms with Gasteiger partial charge in [0.2, 0.25) is 0 Å². The summed E-state index contributed by atoms with van der Waals surface area (Å²) in [4.78, 5) is 26.5. The minimum absolute atomic E-state index is 0.164. The Bertz CT molecular complexity index is 514. The molecule has 0 amide bonds. The van der Waals surface area contributed by atoms with Crippen molar-refractivity contribution in [3.8, 4) is 0 Å². The molecule has 1 aromatic heterocycles. The predicted octanol–water partition coefficient (Wildman–Crippen LogP) is 1.10. The molecule has 6 heteroatoms. The van der Waals surface area contributed by atoms with Gasteiger partial charge in [-0.05, 0) is 12.8 Å². The number of hydrogen-bond acceptors (Lipinski definition) is 3. The van der Waals surface area contributed by atoms with Gasteiger partial charge in [-0.15, -0.1) is 0 Å². The van der Waals surface area contributed by atoms with E-state index in [9.17, 15) is 9.59 Å². The van der Waals surface area contributed by atoms with E-state index < -0.39 is 5.69 Å². The third-order valence-electron chi connectivity index (χ3n) is 2.95. The average molecular weight is 259 g/mol. The Morgan fingerprint density at radius 3 is 2.88 bits per heavy atom. The topological polar surface area (TPSA) is 64.1 Å². The summed E-state index contributed by atoms with van der Waals surface area (Å²) < 4.78 is 6.45. The highest BCUT2D eigenvalue weighted by Crippen LogP contribution is 2.16. The molecule has 0 aliphatic carbocycles. The van der Waals surface area contributed by atoms with Crippen LogP contribution >= 0.6 is 11.6 Å². The van der Waals surface area contributed by atoms with E-state index in [-0.39, 0.29) is 16.8 Å². The standard InChI is InChI=1S/C11H15ClN2O3/c1-2-3-8-9(12)13-11(16)14(10(8)15)7-4-5-17-6-7/h7H,2-6H2,1H3,(H,13,16). The summed E-state index contributed by atoms with van der Waals surface area (Å²) in [6, 6.07) is -0.167. The van der Waals surface area contributed by atoms with Crippen LogP contribution in [0, 0.1) is 0 Å². The molecule has 1 unspecified atom stereocenters. The van der Waals surface area contributed by atoms with Crippen LogP contribution in [0.2, 0.25) is 5.15 Å². The summed E-state index contributed by atoms with van der Waals surface area (Å²) in [6.07, 6.45) is 2.07. The predicted molar refractivity (Wildman–Crippen MR) is 64.8 cm³/mol. The molecule has 17 heavy (non-hydrogen) atoms. The zero-order valence-corrected chi connectivity index (χ0v) is 10.4. The van der Waals surface area contributed by atoms with Gasteiger partial charge in [-0.1, -0.05) is 24.9 Å². The van der Waals surface area contributed by atoms with Crippen molar-refractivity contribution >= 4 is 11.6 Å². The van der Waals surface area contributed by atoms with Crippen LogP contribution in [0.1, 0.15) is 31.4 Å². The van der Waals surface area contributed by atoms with Crippen LogP contribution in [0.15, 0.2) is 9.59 Å². The zero-order chi connectivity index (χ0) is 12.4. The third-order valence-corrected chi connectivity index (χ3v) is 3.27. The lowest BCUT2D eigenvalue weighted by molar-refractivity contribution is 0.185. The molecule has 1 aromatic rings. The van der Waals surface area contributed by atoms with E-state index in [2.05, 4.69) is 4.98 Å². The summed E-state index contributed by atoms with van der Waals surface area (Å²) in [5.41, 5.74) is -0.243. The highest BCUT2D eigenvalue weighted by Gasteiger charge is 2.23. The molecule has 0 bridgehead atoms. The van der Waals surface area contributed by atoms with Crippen molar-refractivity contribution in [1.82, 2.24) is 9.55 Å². The van der Waals surface area contributed by atoms with E-state index in [1.807, 2.05) is 6.92 Å². The number of aromatic amines is 1. The minimum Gasteiger partial charge on any atom is -0.379 e. The quantitative estimate of drug-likeness (QED) is 0.826. The summed E-state index contributed by atoms with van der Waals surface area (Å²) in [6.45, 7) is 2.96. The van der Waals surface area contributed by atoms with Crippen molar-refractivity contribution in [2.24, 2.45) is 0 Å². The van der Waals surface area contributed by atoms with Crippen LogP contribution in [0.3, 0.4) is 0 Å². The van der Waals surface area contributed by atoms with Crippen LogP contribution in [-0.4, -0.2) is 22.8 Å². The van der Waals surface area contributed by atoms with Crippen LogP contribution < -0.4 is 11.2 Å². The van der Waals surface area contributed by atoms with E-state index in [4.69, 9.17) is 16.3 Å². The molecule has 0 saturated carbocycles. The van der Waals surface area contributed by atoms with Gasteiger partial charge in [0.25, 0.3) is 5.56 Å². The van der Waals surface area contributed by atoms with Gasteiger partial charge in [-0.25, -0.2) is 4.79 Å². The maximum absolute atomic E-state index is 12.2. The van der Waals surface area contributed by atoms with E-state index in [1.54, 1.807) is 0 Å². The monoisotopic (exact) mass is 258 g/mol. The second-order valence-electron chi connectivity index (χ2n) is 4.17. The molecule has 0 spiro atoms. The van der Waals surface area contributed by atoms with E-state index >= 15 is 0 Å². The summed E-state index contributed by atoms with van der Waals surface area (Å²) in [5, 5.41) is 0.164. The third kappa shape index (κ3) is 2.30. The number of nitrogens with zero attached hydrogens (tertiary/aromatic N) is 1. The molecule has 0 radical (unpaired) electrons. The summed E-state index contributed by atoms with van der Waals surface area (Å²) in [7, 11) is 0. The molecular formula is C11H15ClN2O3. The lowest BCUT2D eigenvalue weighted by Crippen LogP contribution is -2.40. The maximum atomic E-state index is 12.2. The molecule has 0 aromatic carbocycles. The fourth-order valence-corrected chi connectivity index (χ4v) is 2.34. The molecule has 5 nitrogen and oxygen atoms in total. The Balaban J connectivity index is 2.54. The first-order valence-corrected chi connectivity index (χ1v) is 6.14. The van der Waals surface area contributed by atoms with Gasteiger partial charge in [0, 0.05) is 6.61 Å². The van der Waals surface area contributed by atoms with Gasteiger partial charge in [0.05, 0.1) is 18.2 Å².